The highest BCUT2D eigenvalue weighted by molar-refractivity contribution is 5.91. The zero-order valence-electron chi connectivity index (χ0n) is 15.3. The molecule has 3 fully saturated rings. The molecular formula is C21H30O3. The van der Waals surface area contributed by atoms with Gasteiger partial charge in [-0.25, -0.2) is 0 Å². The van der Waals surface area contributed by atoms with Gasteiger partial charge in [-0.1, -0.05) is 19.4 Å². The number of carbonyl (C=O) groups excluding carboxylic acids is 2. The summed E-state index contributed by atoms with van der Waals surface area (Å²) in [6, 6.07) is 0. The lowest BCUT2D eigenvalue weighted by Gasteiger charge is -2.57. The molecule has 0 aromatic carbocycles. The van der Waals surface area contributed by atoms with Crippen molar-refractivity contribution in [1.82, 2.24) is 0 Å². The van der Waals surface area contributed by atoms with E-state index < -0.39 is 0 Å². The van der Waals surface area contributed by atoms with E-state index in [4.69, 9.17) is 4.74 Å². The first-order valence-corrected chi connectivity index (χ1v) is 9.76. The van der Waals surface area contributed by atoms with Gasteiger partial charge in [-0.3, -0.25) is 9.59 Å². The fourth-order valence-corrected chi connectivity index (χ4v) is 6.91. The van der Waals surface area contributed by atoms with Crippen LogP contribution in [0.2, 0.25) is 0 Å². The van der Waals surface area contributed by atoms with Gasteiger partial charge in [0.15, 0.2) is 5.78 Å². The van der Waals surface area contributed by atoms with Crippen molar-refractivity contribution in [3.05, 3.63) is 11.6 Å². The van der Waals surface area contributed by atoms with Crippen LogP contribution in [-0.2, 0) is 14.3 Å². The molecule has 24 heavy (non-hydrogen) atoms. The topological polar surface area (TPSA) is 43.4 Å². The van der Waals surface area contributed by atoms with Gasteiger partial charge in [0.25, 0.3) is 0 Å². The van der Waals surface area contributed by atoms with Crippen LogP contribution in [0.25, 0.3) is 0 Å². The van der Waals surface area contributed by atoms with Crippen LogP contribution < -0.4 is 0 Å². The maximum Gasteiger partial charge on any atom is 0.302 e. The second-order valence-corrected chi connectivity index (χ2v) is 9.19. The smallest absolute Gasteiger partial charge is 0.302 e. The number of ether oxygens (including phenoxy) is 1. The number of esters is 1. The van der Waals surface area contributed by atoms with Gasteiger partial charge in [-0.15, -0.1) is 0 Å². The molecule has 0 saturated heterocycles. The predicted octanol–water partition coefficient (Wildman–Crippen LogP) is 4.45. The van der Waals surface area contributed by atoms with Crippen LogP contribution in [0, 0.1) is 28.6 Å². The van der Waals surface area contributed by atoms with Gasteiger partial charge in [-0.2, -0.15) is 0 Å². The maximum absolute atomic E-state index is 11.9. The van der Waals surface area contributed by atoms with Crippen LogP contribution in [-0.4, -0.2) is 17.9 Å². The Kier molecular flexibility index (Phi) is 3.71. The van der Waals surface area contributed by atoms with Crippen LogP contribution in [0.5, 0.6) is 0 Å². The molecule has 0 aromatic heterocycles. The van der Waals surface area contributed by atoms with E-state index in [1.165, 1.54) is 24.8 Å². The van der Waals surface area contributed by atoms with Gasteiger partial charge in [0.2, 0.25) is 0 Å². The molecule has 0 amide bonds. The van der Waals surface area contributed by atoms with Crippen molar-refractivity contribution >= 4 is 11.8 Å². The quantitative estimate of drug-likeness (QED) is 0.667. The normalized spacial score (nSPS) is 47.3. The van der Waals surface area contributed by atoms with Gasteiger partial charge in [-0.05, 0) is 74.2 Å². The Balaban J connectivity index is 1.62. The molecule has 0 spiro atoms. The van der Waals surface area contributed by atoms with E-state index in [-0.39, 0.29) is 22.9 Å². The van der Waals surface area contributed by atoms with Crippen LogP contribution in [0.1, 0.15) is 72.1 Å². The first-order chi connectivity index (χ1) is 11.3. The van der Waals surface area contributed by atoms with Gasteiger partial charge >= 0.3 is 5.97 Å². The predicted molar refractivity (Wildman–Crippen MR) is 92.3 cm³/mol. The summed E-state index contributed by atoms with van der Waals surface area (Å²) in [6.07, 6.45) is 10.8. The van der Waals surface area contributed by atoms with Crippen molar-refractivity contribution in [2.45, 2.75) is 78.2 Å². The minimum absolute atomic E-state index is 0.110. The summed E-state index contributed by atoms with van der Waals surface area (Å²) >= 11 is 0. The Hall–Kier alpha value is -1.12. The number of ketones is 1. The van der Waals surface area contributed by atoms with Crippen LogP contribution in [0.3, 0.4) is 0 Å². The lowest BCUT2D eigenvalue weighted by Crippen LogP contribution is -2.51. The fourth-order valence-electron chi connectivity index (χ4n) is 6.91. The Morgan fingerprint density at radius 1 is 1.08 bits per heavy atom. The minimum Gasteiger partial charge on any atom is -0.462 e. The first-order valence-electron chi connectivity index (χ1n) is 9.76. The van der Waals surface area contributed by atoms with Crippen molar-refractivity contribution in [2.24, 2.45) is 28.6 Å². The largest absolute Gasteiger partial charge is 0.462 e. The number of allylic oxidation sites excluding steroid dienone is 1. The third-order valence-electron chi connectivity index (χ3n) is 8.18. The van der Waals surface area contributed by atoms with Crippen molar-refractivity contribution in [3.8, 4) is 0 Å². The third-order valence-corrected chi connectivity index (χ3v) is 8.18. The minimum atomic E-state index is -0.129. The first kappa shape index (κ1) is 16.4. The summed E-state index contributed by atoms with van der Waals surface area (Å²) in [5, 5.41) is 0. The van der Waals surface area contributed by atoms with E-state index in [9.17, 15) is 9.59 Å². The number of rotatable bonds is 1. The second kappa shape index (κ2) is 5.44. The van der Waals surface area contributed by atoms with E-state index in [0.29, 0.717) is 17.6 Å². The van der Waals surface area contributed by atoms with Gasteiger partial charge in [0.1, 0.15) is 6.10 Å². The highest BCUT2D eigenvalue weighted by Crippen LogP contribution is 2.65. The SMILES string of the molecule is CC(=O)O[C@@H]1CC[C@@H]2[C@H]3CCC4=CC(=O)CC[C@]4(C)[C@@H]3CC[C@]21C. The lowest BCUT2D eigenvalue weighted by molar-refractivity contribution is -0.157. The molecule has 3 nitrogen and oxygen atoms in total. The van der Waals surface area contributed by atoms with Gasteiger partial charge < -0.3 is 4.74 Å². The molecular weight excluding hydrogens is 300 g/mol. The molecule has 3 saturated carbocycles. The number of hydrogen-bond acceptors (Lipinski definition) is 3. The van der Waals surface area contributed by atoms with Gasteiger partial charge in [0.05, 0.1) is 0 Å². The molecule has 132 valence electrons. The van der Waals surface area contributed by atoms with Crippen molar-refractivity contribution < 1.29 is 14.3 Å². The molecule has 0 radical (unpaired) electrons. The highest BCUT2D eigenvalue weighted by atomic mass is 16.5. The van der Waals surface area contributed by atoms with Crippen LogP contribution >= 0.6 is 0 Å². The van der Waals surface area contributed by atoms with E-state index >= 15 is 0 Å². The van der Waals surface area contributed by atoms with Gasteiger partial charge in [0, 0.05) is 18.8 Å². The molecule has 3 heteroatoms. The molecule has 6 atom stereocenters. The number of carbonyl (C=O) groups is 2. The molecule has 4 rings (SSSR count). The van der Waals surface area contributed by atoms with E-state index in [1.807, 2.05) is 6.08 Å². The Morgan fingerprint density at radius 2 is 1.88 bits per heavy atom. The summed E-state index contributed by atoms with van der Waals surface area (Å²) in [5.74, 6) is 2.32. The van der Waals surface area contributed by atoms with Crippen LogP contribution in [0.15, 0.2) is 11.6 Å². The van der Waals surface area contributed by atoms with Crippen molar-refractivity contribution in [2.75, 3.05) is 0 Å². The fraction of sp³-hybridized carbons (Fsp3) is 0.810. The summed E-state index contributed by atoms with van der Waals surface area (Å²) in [5.41, 5.74) is 1.82. The summed E-state index contributed by atoms with van der Waals surface area (Å²) in [6.45, 7) is 6.33. The summed E-state index contributed by atoms with van der Waals surface area (Å²) in [4.78, 5) is 23.4. The molecule has 4 aliphatic carbocycles. The standard InChI is InChI=1S/C21H30O3/c1-13(22)24-19-7-6-17-16-5-4-14-12-15(23)8-10-20(14,2)18(16)9-11-21(17,19)3/h12,16-19H,4-11H2,1-3H3/t16-,17-,18-,19-,20+,21-/m1/s1. The Morgan fingerprint density at radius 3 is 2.62 bits per heavy atom. The highest BCUT2D eigenvalue weighted by Gasteiger charge is 2.59. The molecule has 0 bridgehead atoms. The molecule has 0 heterocycles. The molecule has 0 unspecified atom stereocenters. The second-order valence-electron chi connectivity index (χ2n) is 9.19. The van der Waals surface area contributed by atoms with Crippen molar-refractivity contribution in [3.63, 3.8) is 0 Å². The van der Waals surface area contributed by atoms with Crippen molar-refractivity contribution in [1.29, 1.82) is 0 Å². The number of fused-ring (bicyclic) bond motifs is 5. The van der Waals surface area contributed by atoms with E-state index in [2.05, 4.69) is 13.8 Å². The van der Waals surface area contributed by atoms with Crippen LogP contribution in [0.4, 0.5) is 0 Å². The van der Waals surface area contributed by atoms with E-state index in [1.54, 1.807) is 6.92 Å². The molecule has 4 aliphatic rings. The van der Waals surface area contributed by atoms with E-state index in [0.717, 1.165) is 38.0 Å². The molecule has 0 aliphatic heterocycles. The molecule has 0 aromatic rings. The maximum atomic E-state index is 11.9. The molecule has 0 N–H and O–H groups in total. The Labute approximate surface area is 145 Å². The lowest BCUT2D eigenvalue weighted by atomic mass is 9.47. The Bertz CT molecular complexity index is 606. The monoisotopic (exact) mass is 330 g/mol. The zero-order chi connectivity index (χ0) is 17.1. The zero-order valence-corrected chi connectivity index (χ0v) is 15.3. The average molecular weight is 330 g/mol. The number of hydrogen-bond donors (Lipinski definition) is 0. The third kappa shape index (κ3) is 2.23. The average Bonchev–Trinajstić information content (AvgIpc) is 2.84. The summed E-state index contributed by atoms with van der Waals surface area (Å²) < 4.78 is 5.71. The summed E-state index contributed by atoms with van der Waals surface area (Å²) in [7, 11) is 0.